The third-order valence-electron chi connectivity index (χ3n) is 11.4. The molecule has 0 bridgehead atoms. The number of carbonyl (C=O) groups excluding carboxylic acids is 2. The summed E-state index contributed by atoms with van der Waals surface area (Å²) in [5.74, 6) is -0.319. The zero-order valence-corrected chi connectivity index (χ0v) is 40.6. The number of phosphoric ester groups is 1. The van der Waals surface area contributed by atoms with E-state index >= 15 is 0 Å². The Kier molecular flexibility index (Phi) is 18.7. The lowest BCUT2D eigenvalue weighted by Crippen LogP contribution is -2.31. The van der Waals surface area contributed by atoms with E-state index in [0.29, 0.717) is 47.6 Å². The molecule has 5 heterocycles. The largest absolute Gasteiger partial charge is 0.472 e. The van der Waals surface area contributed by atoms with Gasteiger partial charge in [-0.25, -0.2) is 33.7 Å². The number of nitrogen functional groups attached to an aromatic ring is 1. The van der Waals surface area contributed by atoms with Gasteiger partial charge in [0.1, 0.15) is 48.0 Å². The predicted molar refractivity (Wildman–Crippen MR) is 255 cm³/mol. The zero-order chi connectivity index (χ0) is 49.7. The summed E-state index contributed by atoms with van der Waals surface area (Å²) >= 11 is 0.604. The number of fused-ring (bicyclic) bond motifs is 1. The minimum absolute atomic E-state index is 0.00859. The normalized spacial score (nSPS) is 20.8. The smallest absolute Gasteiger partial charge is 0.427 e. The van der Waals surface area contributed by atoms with Crippen molar-refractivity contribution in [2.45, 2.75) is 114 Å². The van der Waals surface area contributed by atoms with Crippen LogP contribution in [0.5, 0.6) is 11.5 Å². The lowest BCUT2D eigenvalue weighted by molar-refractivity contribution is -0.134. The van der Waals surface area contributed by atoms with Crippen LogP contribution in [0.2, 0.25) is 0 Å². The number of unbranched alkanes of at least 4 members (excludes halogenated alkanes) is 7. The molecule has 0 aliphatic carbocycles. The molecule has 0 radical (unpaired) electrons. The third kappa shape index (κ3) is 15.2. The number of ether oxygens (including phenoxy) is 4. The van der Waals surface area contributed by atoms with Gasteiger partial charge in [-0.1, -0.05) is 50.7 Å². The fourth-order valence-electron chi connectivity index (χ4n) is 7.76. The Balaban J connectivity index is 0.875. The Morgan fingerprint density at radius 2 is 1.51 bits per heavy atom. The van der Waals surface area contributed by atoms with Crippen LogP contribution in [0.15, 0.2) is 83.0 Å². The van der Waals surface area contributed by atoms with Crippen molar-refractivity contribution < 1.29 is 61.0 Å². The van der Waals surface area contributed by atoms with E-state index in [1.54, 1.807) is 12.1 Å². The predicted octanol–water partition coefficient (Wildman–Crippen LogP) is 6.07. The molecule has 23 nitrogen and oxygen atoms in total. The van der Waals surface area contributed by atoms with Gasteiger partial charge in [0.25, 0.3) is 5.56 Å². The van der Waals surface area contributed by atoms with Gasteiger partial charge in [-0.2, -0.15) is 0 Å². The van der Waals surface area contributed by atoms with Gasteiger partial charge < -0.3 is 40.2 Å². The maximum atomic E-state index is 13.4. The lowest BCUT2D eigenvalue weighted by Gasteiger charge is -2.23. The van der Waals surface area contributed by atoms with Gasteiger partial charge in [0.05, 0.1) is 31.2 Å². The molecule has 0 spiro atoms. The van der Waals surface area contributed by atoms with Crippen LogP contribution in [0, 0.1) is 0 Å². The highest BCUT2D eigenvalue weighted by molar-refractivity contribution is 8.54. The zero-order valence-electron chi connectivity index (χ0n) is 38.0. The van der Waals surface area contributed by atoms with Crippen LogP contribution in [0.4, 0.5) is 5.82 Å². The van der Waals surface area contributed by atoms with E-state index in [4.69, 9.17) is 44.0 Å². The summed E-state index contributed by atoms with van der Waals surface area (Å²) in [6.07, 6.45) is 8.59. The van der Waals surface area contributed by atoms with Gasteiger partial charge in [0.15, 0.2) is 11.5 Å². The first-order valence-corrected chi connectivity index (χ1v) is 27.5. The minimum atomic E-state index is -4.85. The van der Waals surface area contributed by atoms with Crippen molar-refractivity contribution in [3.63, 3.8) is 0 Å². The summed E-state index contributed by atoms with van der Waals surface area (Å²) in [6.45, 7) is -4.61. The van der Waals surface area contributed by atoms with E-state index in [9.17, 15) is 38.1 Å². The van der Waals surface area contributed by atoms with Crippen molar-refractivity contribution in [2.75, 3.05) is 25.5 Å². The summed E-state index contributed by atoms with van der Waals surface area (Å²) in [5.41, 5.74) is 11.7. The van der Waals surface area contributed by atoms with Crippen LogP contribution < -0.4 is 32.2 Å². The SMILES string of the molecule is NCCCCCCCCCCC(=O)Oc1ccc(C(=O)Oc2ccc(CSP(=O)(O)OC[C@H]3O[C@@H](n4cnc5c(N)ncnc54)C[C@@H]3OP(=O)(O)OC[C@@H]3CC[C@H](n4ccc(=O)[nH]c4=O)O3)cc2)cc1. The maximum Gasteiger partial charge on any atom is 0.472 e. The molecular weight excluding hydrogens is 975 g/mol. The molecule has 3 aromatic heterocycles. The highest BCUT2D eigenvalue weighted by Gasteiger charge is 2.44. The van der Waals surface area contributed by atoms with Crippen molar-refractivity contribution in [1.29, 1.82) is 0 Å². The van der Waals surface area contributed by atoms with Crippen molar-refractivity contribution in [3.05, 3.63) is 105 Å². The number of nitrogens with zero attached hydrogens (tertiary/aromatic N) is 5. The molecule has 2 saturated heterocycles. The maximum absolute atomic E-state index is 13.4. The third-order valence-corrected chi connectivity index (χ3v) is 15.4. The highest BCUT2D eigenvalue weighted by Crippen LogP contribution is 2.58. The standard InChI is InChI=1S/C44H56N8O15P2S/c45-21-8-6-4-2-1-3-5-7-9-39(54)64-31-16-12-30(13-17-31)43(55)65-32-14-10-29(11-15-32)26-70-69(59,60)62-25-35-34(23-38(66-35)52-28-49-40-41(46)47-27-48-42(40)52)67-68(57,58)61-24-33-18-19-37(63-33)51-22-20-36(53)50-44(51)56/h10-17,20,22,27-28,33-35,37-38H,1-9,18-19,21,23-26,45H2,(H,57,58)(H,59,60)(H2,46,47,48)(H,50,53,56)/t33-,34-,35+,37+,38+/m0/s1. The van der Waals surface area contributed by atoms with Crippen molar-refractivity contribution in [2.24, 2.45) is 5.73 Å². The number of rotatable bonds is 26. The van der Waals surface area contributed by atoms with Gasteiger partial charge in [-0.05, 0) is 85.6 Å². The topological polar surface area (TPSA) is 324 Å². The van der Waals surface area contributed by atoms with Gasteiger partial charge in [0.2, 0.25) is 0 Å². The van der Waals surface area contributed by atoms with Crippen LogP contribution in [0.1, 0.15) is 105 Å². The van der Waals surface area contributed by atoms with Gasteiger partial charge in [0, 0.05) is 30.9 Å². The summed E-state index contributed by atoms with van der Waals surface area (Å²) < 4.78 is 68.7. The number of esters is 2. The average molecular weight is 1030 g/mol. The van der Waals surface area contributed by atoms with E-state index in [1.807, 2.05) is 0 Å². The molecule has 26 heteroatoms. The number of aromatic amines is 1. The van der Waals surface area contributed by atoms with Crippen LogP contribution in [-0.2, 0) is 42.7 Å². The molecule has 7 N–H and O–H groups in total. The van der Waals surface area contributed by atoms with Gasteiger partial charge >= 0.3 is 32.2 Å². The number of nitrogens with two attached hydrogens (primary N) is 2. The molecule has 2 aromatic carbocycles. The Bertz CT molecular complexity index is 2760. The molecule has 7 atom stereocenters. The fourth-order valence-corrected chi connectivity index (χ4v) is 11.0. The molecule has 5 aromatic rings. The second kappa shape index (κ2) is 24.8. The number of nitrogens with one attached hydrogen (secondary N) is 1. The monoisotopic (exact) mass is 1030 g/mol. The molecule has 2 aliphatic heterocycles. The van der Waals surface area contributed by atoms with Crippen molar-refractivity contribution in [3.8, 4) is 11.5 Å². The quantitative estimate of drug-likeness (QED) is 0.0181. The second-order valence-corrected chi connectivity index (χ2v) is 21.9. The first kappa shape index (κ1) is 52.7. The Morgan fingerprint density at radius 3 is 2.24 bits per heavy atom. The van der Waals surface area contributed by atoms with Gasteiger partial charge in [-0.3, -0.25) is 37.3 Å². The second-order valence-electron chi connectivity index (χ2n) is 16.6. The minimum Gasteiger partial charge on any atom is -0.427 e. The summed E-state index contributed by atoms with van der Waals surface area (Å²) in [4.78, 5) is 85.2. The molecule has 70 heavy (non-hydrogen) atoms. The lowest BCUT2D eigenvalue weighted by atomic mass is 10.1. The van der Waals surface area contributed by atoms with Crippen molar-refractivity contribution in [1.82, 2.24) is 29.1 Å². The molecule has 2 unspecified atom stereocenters. The number of hydrogen-bond acceptors (Lipinski definition) is 19. The van der Waals surface area contributed by atoms with E-state index in [1.165, 1.54) is 83.3 Å². The number of imidazole rings is 1. The number of anilines is 1. The van der Waals surface area contributed by atoms with Crippen LogP contribution in [-0.4, -0.2) is 88.9 Å². The van der Waals surface area contributed by atoms with E-state index < -0.39 is 69.2 Å². The van der Waals surface area contributed by atoms with E-state index in [0.717, 1.165) is 45.1 Å². The number of H-pyrrole nitrogens is 1. The van der Waals surface area contributed by atoms with Crippen molar-refractivity contribution >= 4 is 54.9 Å². The average Bonchev–Trinajstić information content (AvgIpc) is 4.09. The van der Waals surface area contributed by atoms with Crippen LogP contribution >= 0.6 is 26.0 Å². The van der Waals surface area contributed by atoms with Crippen LogP contribution in [0.25, 0.3) is 11.2 Å². The first-order chi connectivity index (χ1) is 33.6. The first-order valence-electron chi connectivity index (χ1n) is 22.8. The summed E-state index contributed by atoms with van der Waals surface area (Å²) in [5, 5.41) is 0. The van der Waals surface area contributed by atoms with Crippen LogP contribution in [0.3, 0.4) is 0 Å². The number of aromatic nitrogens is 6. The number of hydrogen-bond donors (Lipinski definition) is 5. The number of carbonyl (C=O) groups is 2. The Labute approximate surface area is 405 Å². The number of phosphoric acid groups is 1. The van der Waals surface area contributed by atoms with Gasteiger partial charge in [-0.15, -0.1) is 0 Å². The molecule has 7 rings (SSSR count). The highest BCUT2D eigenvalue weighted by atomic mass is 32.7. The Morgan fingerprint density at radius 1 is 0.814 bits per heavy atom. The van der Waals surface area contributed by atoms with E-state index in [2.05, 4.69) is 19.9 Å². The molecule has 2 fully saturated rings. The molecule has 0 saturated carbocycles. The fraction of sp³-hybridized carbons (Fsp3) is 0.477. The van der Waals surface area contributed by atoms with E-state index in [-0.39, 0.29) is 47.4 Å². The summed E-state index contributed by atoms with van der Waals surface area (Å²) in [6, 6.07) is 13.5. The summed E-state index contributed by atoms with van der Waals surface area (Å²) in [7, 11) is -4.85. The molecule has 0 amide bonds. The molecular formula is C44H56N8O15P2S. The number of benzene rings is 2. The molecule has 2 aliphatic rings. The Hall–Kier alpha value is -5.10. The molecule has 378 valence electrons.